The number of methoxy groups -OCH3 is 1. The number of rotatable bonds is 6. The normalized spacial score (nSPS) is 15.0. The highest BCUT2D eigenvalue weighted by Crippen LogP contribution is 2.24. The van der Waals surface area contributed by atoms with Gasteiger partial charge >= 0.3 is 11.6 Å². The second-order valence-electron chi connectivity index (χ2n) is 6.26. The minimum absolute atomic E-state index is 0.0542. The average Bonchev–Trinajstić information content (AvgIpc) is 3.07. The van der Waals surface area contributed by atoms with Gasteiger partial charge in [0.2, 0.25) is 5.91 Å². The van der Waals surface area contributed by atoms with Crippen LogP contribution >= 0.6 is 11.6 Å². The molecule has 2 heterocycles. The molecule has 0 bridgehead atoms. The van der Waals surface area contributed by atoms with E-state index >= 15 is 0 Å². The number of nitrogens with zero attached hydrogens (tertiary/aromatic N) is 5. The first-order valence-corrected chi connectivity index (χ1v) is 8.84. The number of carbonyl (C=O) groups is 1. The molecule has 0 spiro atoms. The van der Waals surface area contributed by atoms with E-state index in [2.05, 4.69) is 10.00 Å². The van der Waals surface area contributed by atoms with Crippen LogP contribution in [-0.4, -0.2) is 63.7 Å². The Hall–Kier alpha value is -2.65. The molecule has 27 heavy (non-hydrogen) atoms. The van der Waals surface area contributed by atoms with Gasteiger partial charge < -0.3 is 9.64 Å². The standard InChI is InChI=1S/C17H20ClN5O4/c1-27-17-15(23(25)26)11-22(19-17)12-16(24)21-8-6-20(7-9-21)10-13-2-4-14(18)5-3-13/h2-5,11H,6-10,12H2,1H3. The van der Waals surface area contributed by atoms with Crippen LogP contribution in [0.3, 0.4) is 0 Å². The van der Waals surface area contributed by atoms with Crippen molar-refractivity contribution < 1.29 is 14.5 Å². The van der Waals surface area contributed by atoms with Crippen molar-refractivity contribution in [2.45, 2.75) is 13.1 Å². The molecule has 1 amide bonds. The predicted molar refractivity (Wildman–Crippen MR) is 98.7 cm³/mol. The molecular formula is C17H20ClN5O4. The largest absolute Gasteiger partial charge is 0.475 e. The van der Waals surface area contributed by atoms with E-state index in [9.17, 15) is 14.9 Å². The van der Waals surface area contributed by atoms with Crippen LogP contribution in [0.1, 0.15) is 5.56 Å². The van der Waals surface area contributed by atoms with E-state index in [0.717, 1.165) is 19.6 Å². The van der Waals surface area contributed by atoms with Gasteiger partial charge in [-0.3, -0.25) is 24.5 Å². The molecule has 0 unspecified atom stereocenters. The molecule has 9 nitrogen and oxygen atoms in total. The number of piperazine rings is 1. The minimum Gasteiger partial charge on any atom is -0.475 e. The first-order valence-electron chi connectivity index (χ1n) is 8.46. The molecule has 0 saturated carbocycles. The number of hydrogen-bond donors (Lipinski definition) is 0. The molecule has 0 atom stereocenters. The zero-order valence-electron chi connectivity index (χ0n) is 14.9. The van der Waals surface area contributed by atoms with Crippen molar-refractivity contribution in [2.75, 3.05) is 33.3 Å². The second-order valence-corrected chi connectivity index (χ2v) is 6.70. The quantitative estimate of drug-likeness (QED) is 0.548. The molecule has 1 aromatic carbocycles. The number of benzene rings is 1. The first-order chi connectivity index (χ1) is 13.0. The summed E-state index contributed by atoms with van der Waals surface area (Å²) >= 11 is 5.90. The fraction of sp³-hybridized carbons (Fsp3) is 0.412. The van der Waals surface area contributed by atoms with E-state index in [0.29, 0.717) is 18.1 Å². The lowest BCUT2D eigenvalue weighted by Gasteiger charge is -2.34. The van der Waals surface area contributed by atoms with Crippen LogP contribution in [0.15, 0.2) is 30.5 Å². The Bertz CT molecular complexity index is 815. The fourth-order valence-corrected chi connectivity index (χ4v) is 3.11. The summed E-state index contributed by atoms with van der Waals surface area (Å²) < 4.78 is 6.13. The Balaban J connectivity index is 1.52. The number of halogens is 1. The number of nitro groups is 1. The van der Waals surface area contributed by atoms with Crippen molar-refractivity contribution in [1.29, 1.82) is 0 Å². The van der Waals surface area contributed by atoms with Crippen LogP contribution in [0.5, 0.6) is 5.88 Å². The van der Waals surface area contributed by atoms with Gasteiger partial charge in [0.1, 0.15) is 12.7 Å². The SMILES string of the molecule is COc1nn(CC(=O)N2CCN(Cc3ccc(Cl)cc3)CC2)cc1[N+](=O)[O-]. The summed E-state index contributed by atoms with van der Waals surface area (Å²) in [4.78, 5) is 26.9. The van der Waals surface area contributed by atoms with E-state index in [4.69, 9.17) is 16.3 Å². The Morgan fingerprint density at radius 3 is 2.48 bits per heavy atom. The van der Waals surface area contributed by atoms with Gasteiger partial charge in [-0.1, -0.05) is 23.7 Å². The van der Waals surface area contributed by atoms with E-state index in [-0.39, 0.29) is 24.0 Å². The van der Waals surface area contributed by atoms with E-state index in [1.165, 1.54) is 23.6 Å². The molecule has 3 rings (SSSR count). The third-order valence-corrected chi connectivity index (χ3v) is 4.69. The highest BCUT2D eigenvalue weighted by atomic mass is 35.5. The first kappa shape index (κ1) is 19.1. The molecule has 0 aliphatic carbocycles. The number of carbonyl (C=O) groups excluding carboxylic acids is 1. The van der Waals surface area contributed by atoms with Crippen molar-refractivity contribution in [3.8, 4) is 5.88 Å². The van der Waals surface area contributed by atoms with Gasteiger partial charge in [0, 0.05) is 37.7 Å². The van der Waals surface area contributed by atoms with Crippen LogP contribution in [-0.2, 0) is 17.9 Å². The molecule has 144 valence electrons. The molecule has 1 aliphatic heterocycles. The monoisotopic (exact) mass is 393 g/mol. The summed E-state index contributed by atoms with van der Waals surface area (Å²) in [5, 5.41) is 15.6. The summed E-state index contributed by atoms with van der Waals surface area (Å²) in [7, 11) is 1.31. The summed E-state index contributed by atoms with van der Waals surface area (Å²) in [6.45, 7) is 3.48. The lowest BCUT2D eigenvalue weighted by molar-refractivity contribution is -0.385. The second kappa shape index (κ2) is 8.36. The van der Waals surface area contributed by atoms with E-state index < -0.39 is 4.92 Å². The van der Waals surface area contributed by atoms with E-state index in [1.807, 2.05) is 24.3 Å². The smallest absolute Gasteiger partial charge is 0.350 e. The lowest BCUT2D eigenvalue weighted by atomic mass is 10.2. The maximum absolute atomic E-state index is 12.5. The molecule has 1 saturated heterocycles. The molecule has 0 N–H and O–H groups in total. The van der Waals surface area contributed by atoms with Crippen molar-refractivity contribution in [3.05, 3.63) is 51.2 Å². The van der Waals surface area contributed by atoms with Crippen molar-refractivity contribution in [3.63, 3.8) is 0 Å². The highest BCUT2D eigenvalue weighted by molar-refractivity contribution is 6.30. The van der Waals surface area contributed by atoms with Crippen LogP contribution in [0, 0.1) is 10.1 Å². The van der Waals surface area contributed by atoms with Gasteiger partial charge in [-0.2, -0.15) is 0 Å². The Morgan fingerprint density at radius 2 is 1.93 bits per heavy atom. The van der Waals surface area contributed by atoms with Gasteiger partial charge in [-0.15, -0.1) is 5.10 Å². The minimum atomic E-state index is -0.581. The molecule has 10 heteroatoms. The number of aromatic nitrogens is 2. The zero-order valence-corrected chi connectivity index (χ0v) is 15.6. The van der Waals surface area contributed by atoms with E-state index in [1.54, 1.807) is 4.90 Å². The number of amides is 1. The van der Waals surface area contributed by atoms with Crippen LogP contribution in [0.4, 0.5) is 5.69 Å². The highest BCUT2D eigenvalue weighted by Gasteiger charge is 2.24. The molecular weight excluding hydrogens is 374 g/mol. The molecule has 0 radical (unpaired) electrons. The molecule has 1 aromatic heterocycles. The summed E-state index contributed by atoms with van der Waals surface area (Å²) in [6.07, 6.45) is 1.22. The number of ether oxygens (including phenoxy) is 1. The van der Waals surface area contributed by atoms with Crippen LogP contribution in [0.2, 0.25) is 5.02 Å². The predicted octanol–water partition coefficient (Wildman–Crippen LogP) is 1.80. The fourth-order valence-electron chi connectivity index (χ4n) is 2.99. The van der Waals surface area contributed by atoms with Gasteiger partial charge in [-0.05, 0) is 17.7 Å². The maximum Gasteiger partial charge on any atom is 0.350 e. The molecule has 1 fully saturated rings. The molecule has 2 aromatic rings. The van der Waals surface area contributed by atoms with Gasteiger partial charge in [0.05, 0.1) is 12.0 Å². The number of hydrogen-bond acceptors (Lipinski definition) is 6. The lowest BCUT2D eigenvalue weighted by Crippen LogP contribution is -2.49. The molecule has 1 aliphatic rings. The summed E-state index contributed by atoms with van der Waals surface area (Å²) in [6, 6.07) is 7.73. The van der Waals surface area contributed by atoms with Gasteiger partial charge in [0.15, 0.2) is 0 Å². The Labute approximate surface area is 161 Å². The van der Waals surface area contributed by atoms with Crippen molar-refractivity contribution >= 4 is 23.2 Å². The average molecular weight is 394 g/mol. The Morgan fingerprint density at radius 1 is 1.26 bits per heavy atom. The summed E-state index contributed by atoms with van der Waals surface area (Å²) in [5.41, 5.74) is 0.924. The topological polar surface area (TPSA) is 93.7 Å². The third-order valence-electron chi connectivity index (χ3n) is 4.44. The third kappa shape index (κ3) is 4.75. The Kier molecular flexibility index (Phi) is 5.92. The maximum atomic E-state index is 12.5. The van der Waals surface area contributed by atoms with Crippen molar-refractivity contribution in [2.24, 2.45) is 0 Å². The summed E-state index contributed by atoms with van der Waals surface area (Å²) in [5.74, 6) is -0.221. The zero-order chi connectivity index (χ0) is 19.4. The van der Waals surface area contributed by atoms with Crippen LogP contribution < -0.4 is 4.74 Å². The van der Waals surface area contributed by atoms with Crippen LogP contribution in [0.25, 0.3) is 0 Å². The van der Waals surface area contributed by atoms with Gasteiger partial charge in [-0.25, -0.2) is 0 Å². The van der Waals surface area contributed by atoms with Crippen molar-refractivity contribution in [1.82, 2.24) is 19.6 Å². The van der Waals surface area contributed by atoms with Gasteiger partial charge in [0.25, 0.3) is 0 Å².